The summed E-state index contributed by atoms with van der Waals surface area (Å²) in [5.41, 5.74) is 0. The van der Waals surface area contributed by atoms with Crippen molar-refractivity contribution >= 4 is 28.8 Å². The first-order valence-electron chi connectivity index (χ1n) is 7.49. The van der Waals surface area contributed by atoms with Gasteiger partial charge < -0.3 is 9.47 Å². The van der Waals surface area contributed by atoms with Crippen LogP contribution >= 0.6 is 22.9 Å². The smallest absolute Gasteiger partial charge is 0.265 e. The van der Waals surface area contributed by atoms with E-state index in [2.05, 4.69) is 28.6 Å². The fourth-order valence-electron chi connectivity index (χ4n) is 2.90. The van der Waals surface area contributed by atoms with E-state index in [1.165, 1.54) is 11.3 Å². The Morgan fingerprint density at radius 3 is 3.00 bits per heavy atom. The standard InChI is InChI=1S/C15H19ClN4OS/c1-10(2)20-9-17-18-14(20)11-4-3-6-19(8-11)15(21)13-12(16)5-7-22-13/h5,7,9-11H,3-4,6,8H2,1-2H3. The number of piperidine rings is 1. The van der Waals surface area contributed by atoms with E-state index >= 15 is 0 Å². The number of amides is 1. The minimum absolute atomic E-state index is 0.0281. The van der Waals surface area contributed by atoms with Crippen molar-refractivity contribution in [3.63, 3.8) is 0 Å². The molecule has 1 atom stereocenters. The normalized spacial score (nSPS) is 18.9. The molecule has 0 saturated carbocycles. The van der Waals surface area contributed by atoms with Crippen molar-refractivity contribution in [3.8, 4) is 0 Å². The first kappa shape index (κ1) is 15.5. The molecule has 0 aromatic carbocycles. The maximum atomic E-state index is 12.6. The summed E-state index contributed by atoms with van der Waals surface area (Å²) in [6.45, 7) is 5.69. The van der Waals surface area contributed by atoms with Crippen LogP contribution in [-0.4, -0.2) is 38.7 Å². The molecule has 1 saturated heterocycles. The van der Waals surface area contributed by atoms with Gasteiger partial charge in [0.2, 0.25) is 0 Å². The van der Waals surface area contributed by atoms with E-state index in [1.54, 1.807) is 12.4 Å². The number of thiophene rings is 1. The highest BCUT2D eigenvalue weighted by molar-refractivity contribution is 7.12. The van der Waals surface area contributed by atoms with Crippen molar-refractivity contribution in [3.05, 3.63) is 33.5 Å². The van der Waals surface area contributed by atoms with Crippen molar-refractivity contribution in [2.24, 2.45) is 0 Å². The highest BCUT2D eigenvalue weighted by Crippen LogP contribution is 2.30. The molecule has 0 N–H and O–H groups in total. The zero-order valence-electron chi connectivity index (χ0n) is 12.7. The average molecular weight is 339 g/mol. The zero-order valence-corrected chi connectivity index (χ0v) is 14.3. The Hall–Kier alpha value is -1.40. The number of likely N-dealkylation sites (tertiary alicyclic amines) is 1. The van der Waals surface area contributed by atoms with Gasteiger partial charge in [-0.2, -0.15) is 0 Å². The molecule has 0 spiro atoms. The van der Waals surface area contributed by atoms with E-state index in [1.807, 2.05) is 10.3 Å². The first-order chi connectivity index (χ1) is 10.6. The summed E-state index contributed by atoms with van der Waals surface area (Å²) < 4.78 is 2.09. The largest absolute Gasteiger partial charge is 0.337 e. The van der Waals surface area contributed by atoms with Gasteiger partial charge in [-0.3, -0.25) is 4.79 Å². The van der Waals surface area contributed by atoms with E-state index in [-0.39, 0.29) is 11.8 Å². The van der Waals surface area contributed by atoms with Gasteiger partial charge in [0.25, 0.3) is 5.91 Å². The lowest BCUT2D eigenvalue weighted by Gasteiger charge is -2.32. The van der Waals surface area contributed by atoms with Crippen LogP contribution in [0.15, 0.2) is 17.8 Å². The number of rotatable bonds is 3. The number of hydrogen-bond acceptors (Lipinski definition) is 4. The summed E-state index contributed by atoms with van der Waals surface area (Å²) in [7, 11) is 0. The molecule has 3 heterocycles. The van der Waals surface area contributed by atoms with Crippen LogP contribution in [0.25, 0.3) is 0 Å². The minimum Gasteiger partial charge on any atom is -0.337 e. The summed E-state index contributed by atoms with van der Waals surface area (Å²) >= 11 is 7.49. The SMILES string of the molecule is CC(C)n1cnnc1C1CCCN(C(=O)c2sccc2Cl)C1. The van der Waals surface area contributed by atoms with E-state index in [4.69, 9.17) is 11.6 Å². The Labute approximate surface area is 138 Å². The second-order valence-corrected chi connectivity index (χ2v) is 7.20. The topological polar surface area (TPSA) is 51.0 Å². The molecule has 118 valence electrons. The summed E-state index contributed by atoms with van der Waals surface area (Å²) in [6, 6.07) is 2.10. The first-order valence-corrected chi connectivity index (χ1v) is 8.75. The molecule has 0 aliphatic carbocycles. The lowest BCUT2D eigenvalue weighted by molar-refractivity contribution is 0.0708. The molecule has 1 aliphatic heterocycles. The molecule has 22 heavy (non-hydrogen) atoms. The highest BCUT2D eigenvalue weighted by Gasteiger charge is 2.30. The van der Waals surface area contributed by atoms with Gasteiger partial charge in [-0.15, -0.1) is 21.5 Å². The summed E-state index contributed by atoms with van der Waals surface area (Å²) in [6.07, 6.45) is 3.79. The molecule has 1 unspecified atom stereocenters. The van der Waals surface area contributed by atoms with Gasteiger partial charge in [0.1, 0.15) is 17.0 Å². The average Bonchev–Trinajstić information content (AvgIpc) is 3.15. The fraction of sp³-hybridized carbons (Fsp3) is 0.533. The second kappa shape index (κ2) is 6.38. The van der Waals surface area contributed by atoms with Crippen LogP contribution in [0.3, 0.4) is 0 Å². The lowest BCUT2D eigenvalue weighted by atomic mass is 9.96. The molecule has 5 nitrogen and oxygen atoms in total. The third kappa shape index (κ3) is 2.90. The van der Waals surface area contributed by atoms with Crippen LogP contribution in [0.1, 0.15) is 54.1 Å². The third-order valence-electron chi connectivity index (χ3n) is 4.04. The quantitative estimate of drug-likeness (QED) is 0.859. The predicted molar refractivity (Wildman–Crippen MR) is 87.6 cm³/mol. The molecular weight excluding hydrogens is 320 g/mol. The molecule has 2 aromatic rings. The number of nitrogens with zero attached hydrogens (tertiary/aromatic N) is 4. The highest BCUT2D eigenvalue weighted by atomic mass is 35.5. The molecule has 2 aromatic heterocycles. The number of aromatic nitrogens is 3. The van der Waals surface area contributed by atoms with Crippen molar-refractivity contribution in [2.75, 3.05) is 13.1 Å². The predicted octanol–water partition coefficient (Wildman–Crippen LogP) is 3.59. The summed E-state index contributed by atoms with van der Waals surface area (Å²) in [5.74, 6) is 1.24. The van der Waals surface area contributed by atoms with E-state index in [0.717, 1.165) is 25.2 Å². The lowest BCUT2D eigenvalue weighted by Crippen LogP contribution is -2.39. The Kier molecular flexibility index (Phi) is 4.49. The van der Waals surface area contributed by atoms with Gasteiger partial charge in [-0.1, -0.05) is 11.6 Å². The Morgan fingerprint density at radius 2 is 2.32 bits per heavy atom. The summed E-state index contributed by atoms with van der Waals surface area (Å²) in [5, 5.41) is 10.7. The minimum atomic E-state index is 0.0281. The molecule has 1 aliphatic rings. The van der Waals surface area contributed by atoms with Gasteiger partial charge >= 0.3 is 0 Å². The van der Waals surface area contributed by atoms with Gasteiger partial charge in [-0.25, -0.2) is 0 Å². The van der Waals surface area contributed by atoms with Crippen LogP contribution in [0, 0.1) is 0 Å². The van der Waals surface area contributed by atoms with Gasteiger partial charge in [0.05, 0.1) is 5.02 Å². The molecule has 1 amide bonds. The van der Waals surface area contributed by atoms with Crippen LogP contribution in [0.2, 0.25) is 5.02 Å². The Morgan fingerprint density at radius 1 is 1.50 bits per heavy atom. The molecule has 3 rings (SSSR count). The maximum Gasteiger partial charge on any atom is 0.265 e. The molecule has 0 bridgehead atoms. The van der Waals surface area contributed by atoms with E-state index in [0.29, 0.717) is 22.5 Å². The molecule has 0 radical (unpaired) electrons. The van der Waals surface area contributed by atoms with Crippen molar-refractivity contribution in [1.82, 2.24) is 19.7 Å². The van der Waals surface area contributed by atoms with Crippen LogP contribution in [-0.2, 0) is 0 Å². The zero-order chi connectivity index (χ0) is 15.7. The Bertz CT molecular complexity index is 666. The van der Waals surface area contributed by atoms with Crippen LogP contribution < -0.4 is 0 Å². The third-order valence-corrected chi connectivity index (χ3v) is 5.37. The monoisotopic (exact) mass is 338 g/mol. The Balaban J connectivity index is 1.78. The van der Waals surface area contributed by atoms with Gasteiger partial charge in [-0.05, 0) is 38.1 Å². The number of carbonyl (C=O) groups is 1. The van der Waals surface area contributed by atoms with Crippen LogP contribution in [0.5, 0.6) is 0 Å². The molecule has 7 heteroatoms. The molecular formula is C15H19ClN4OS. The van der Waals surface area contributed by atoms with Crippen molar-refractivity contribution < 1.29 is 4.79 Å². The number of halogens is 1. The molecule has 1 fully saturated rings. The maximum absolute atomic E-state index is 12.6. The van der Waals surface area contributed by atoms with E-state index < -0.39 is 0 Å². The van der Waals surface area contributed by atoms with Crippen molar-refractivity contribution in [1.29, 1.82) is 0 Å². The van der Waals surface area contributed by atoms with Gasteiger partial charge in [0.15, 0.2) is 0 Å². The van der Waals surface area contributed by atoms with Gasteiger partial charge in [0, 0.05) is 25.0 Å². The van der Waals surface area contributed by atoms with Crippen molar-refractivity contribution in [2.45, 2.75) is 38.6 Å². The van der Waals surface area contributed by atoms with E-state index in [9.17, 15) is 4.79 Å². The number of carbonyl (C=O) groups excluding carboxylic acids is 1. The van der Waals surface area contributed by atoms with Crippen LogP contribution in [0.4, 0.5) is 0 Å². The summed E-state index contributed by atoms with van der Waals surface area (Å²) in [4.78, 5) is 15.2. The second-order valence-electron chi connectivity index (χ2n) is 5.88. The number of hydrogen-bond donors (Lipinski definition) is 0. The fourth-order valence-corrected chi connectivity index (χ4v) is 4.01.